The molecule has 0 fully saturated rings. The van der Waals surface area contributed by atoms with Gasteiger partial charge in [-0.2, -0.15) is 0 Å². The van der Waals surface area contributed by atoms with Crippen molar-refractivity contribution in [2.75, 3.05) is 6.61 Å². The van der Waals surface area contributed by atoms with E-state index in [1.165, 1.54) is 24.3 Å². The molecule has 0 saturated heterocycles. The summed E-state index contributed by atoms with van der Waals surface area (Å²) in [7, 11) is 0. The number of esters is 3. The number of nitrogens with one attached hydrogen (secondary N) is 1. The molecule has 8 nitrogen and oxygen atoms in total. The second kappa shape index (κ2) is 12.1. The number of carbonyl (C=O) groups excluding carboxylic acids is 3. The number of hydrogen-bond acceptors (Lipinski definition) is 8. The van der Waals surface area contributed by atoms with Gasteiger partial charge in [0, 0.05) is 6.21 Å². The zero-order chi connectivity index (χ0) is 24.3. The van der Waals surface area contributed by atoms with E-state index in [-0.39, 0.29) is 16.7 Å². The van der Waals surface area contributed by atoms with Crippen LogP contribution in [0.5, 0.6) is 0 Å². The predicted molar refractivity (Wildman–Crippen MR) is 123 cm³/mol. The van der Waals surface area contributed by atoms with Gasteiger partial charge in [0.1, 0.15) is 12.7 Å². The molecular weight excluding hydrogens is 438 g/mol. The van der Waals surface area contributed by atoms with Gasteiger partial charge in [0.25, 0.3) is 0 Å². The van der Waals surface area contributed by atoms with Crippen molar-refractivity contribution in [1.29, 1.82) is 5.41 Å². The molecule has 0 aliphatic heterocycles. The largest absolute Gasteiger partial charge is 0.459 e. The van der Waals surface area contributed by atoms with Crippen LogP contribution in [0.2, 0.25) is 0 Å². The van der Waals surface area contributed by atoms with E-state index in [1.54, 1.807) is 66.7 Å². The maximum atomic E-state index is 12.6. The number of aliphatic hydroxyl groups is 1. The van der Waals surface area contributed by atoms with Gasteiger partial charge >= 0.3 is 17.9 Å². The summed E-state index contributed by atoms with van der Waals surface area (Å²) in [6.07, 6.45) is -3.80. The number of hydrogen-bond donors (Lipinski definition) is 2. The lowest BCUT2D eigenvalue weighted by atomic mass is 10.1. The number of ether oxygens (including phenoxy) is 3. The molecule has 8 heteroatoms. The minimum Gasteiger partial charge on any atom is -0.459 e. The van der Waals surface area contributed by atoms with Gasteiger partial charge in [-0.3, -0.25) is 0 Å². The summed E-state index contributed by atoms with van der Waals surface area (Å²) in [5.74, 6) is -2.27. The Morgan fingerprint density at radius 3 is 1.56 bits per heavy atom. The van der Waals surface area contributed by atoms with E-state index in [0.717, 1.165) is 6.21 Å². The lowest BCUT2D eigenvalue weighted by molar-refractivity contribution is -0.0780. The molecule has 0 aliphatic carbocycles. The Bertz CT molecular complexity index is 1100. The molecule has 174 valence electrons. The van der Waals surface area contributed by atoms with Crippen molar-refractivity contribution in [3.8, 4) is 0 Å². The third-order valence-corrected chi connectivity index (χ3v) is 4.77. The fraction of sp³-hybridized carbons (Fsp3) is 0.154. The molecule has 3 rings (SSSR count). The quantitative estimate of drug-likeness (QED) is 0.270. The molecule has 34 heavy (non-hydrogen) atoms. The summed E-state index contributed by atoms with van der Waals surface area (Å²) in [6.45, 7) is -0.562. The van der Waals surface area contributed by atoms with Crippen molar-refractivity contribution < 1.29 is 33.7 Å². The van der Waals surface area contributed by atoms with Crippen molar-refractivity contribution in [1.82, 2.24) is 0 Å². The summed E-state index contributed by atoms with van der Waals surface area (Å²) in [6, 6.07) is 24.2. The highest BCUT2D eigenvalue weighted by atomic mass is 16.6. The molecule has 3 atom stereocenters. The van der Waals surface area contributed by atoms with Crippen LogP contribution in [0.4, 0.5) is 0 Å². The fourth-order valence-electron chi connectivity index (χ4n) is 3.01. The highest BCUT2D eigenvalue weighted by Gasteiger charge is 2.35. The van der Waals surface area contributed by atoms with Crippen LogP contribution in [0.25, 0.3) is 0 Å². The molecule has 0 unspecified atom stereocenters. The van der Waals surface area contributed by atoms with E-state index in [0.29, 0.717) is 0 Å². The minimum atomic E-state index is -1.59. The average Bonchev–Trinajstić information content (AvgIpc) is 2.90. The van der Waals surface area contributed by atoms with Crippen LogP contribution in [0.1, 0.15) is 31.1 Å². The molecule has 0 aliphatic rings. The van der Waals surface area contributed by atoms with E-state index in [1.807, 2.05) is 0 Å². The molecule has 0 aromatic heterocycles. The van der Waals surface area contributed by atoms with E-state index in [2.05, 4.69) is 0 Å². The zero-order valence-electron chi connectivity index (χ0n) is 18.1. The lowest BCUT2D eigenvalue weighted by Crippen LogP contribution is -2.46. The van der Waals surface area contributed by atoms with E-state index in [4.69, 9.17) is 19.6 Å². The topological polar surface area (TPSA) is 123 Å². The van der Waals surface area contributed by atoms with Gasteiger partial charge < -0.3 is 24.7 Å². The van der Waals surface area contributed by atoms with Crippen LogP contribution in [0.3, 0.4) is 0 Å². The molecule has 0 heterocycles. The normalized spacial score (nSPS) is 13.1. The van der Waals surface area contributed by atoms with E-state index >= 15 is 0 Å². The summed E-state index contributed by atoms with van der Waals surface area (Å²) >= 11 is 0. The van der Waals surface area contributed by atoms with Gasteiger partial charge in [-0.05, 0) is 36.4 Å². The Morgan fingerprint density at radius 2 is 1.12 bits per heavy atom. The molecule has 0 radical (unpaired) electrons. The molecule has 3 aromatic rings. The number of carbonyl (C=O) groups is 3. The van der Waals surface area contributed by atoms with Crippen LogP contribution >= 0.6 is 0 Å². The molecule has 0 amide bonds. The van der Waals surface area contributed by atoms with Gasteiger partial charge in [0.05, 0.1) is 16.7 Å². The van der Waals surface area contributed by atoms with Crippen LogP contribution in [0.15, 0.2) is 91.0 Å². The first kappa shape index (κ1) is 24.3. The van der Waals surface area contributed by atoms with Crippen LogP contribution in [0, 0.1) is 5.41 Å². The molecule has 2 N–H and O–H groups in total. The predicted octanol–water partition coefficient (Wildman–Crippen LogP) is 3.31. The second-order valence-electron chi connectivity index (χ2n) is 7.17. The van der Waals surface area contributed by atoms with Gasteiger partial charge in [-0.1, -0.05) is 54.6 Å². The van der Waals surface area contributed by atoms with Crippen molar-refractivity contribution >= 4 is 24.1 Å². The maximum Gasteiger partial charge on any atom is 0.338 e. The van der Waals surface area contributed by atoms with Gasteiger partial charge in [-0.25, -0.2) is 14.4 Å². The molecule has 0 spiro atoms. The van der Waals surface area contributed by atoms with Crippen molar-refractivity contribution in [3.05, 3.63) is 108 Å². The first-order valence-corrected chi connectivity index (χ1v) is 10.4. The van der Waals surface area contributed by atoms with E-state index < -0.39 is 42.8 Å². The SMILES string of the molecule is N=C[C@H](OC(=O)c1ccccc1)[C@H](OC(=O)c1ccccc1)[C@H](O)COC(=O)c1ccccc1. The summed E-state index contributed by atoms with van der Waals surface area (Å²) in [5.41, 5.74) is 0.679. The summed E-state index contributed by atoms with van der Waals surface area (Å²) < 4.78 is 15.9. The average molecular weight is 461 g/mol. The highest BCUT2D eigenvalue weighted by Crippen LogP contribution is 2.15. The van der Waals surface area contributed by atoms with Gasteiger partial charge in [-0.15, -0.1) is 0 Å². The van der Waals surface area contributed by atoms with Crippen LogP contribution in [-0.2, 0) is 14.2 Å². The number of aliphatic hydroxyl groups excluding tert-OH is 1. The van der Waals surface area contributed by atoms with Gasteiger partial charge in [0.2, 0.25) is 0 Å². The van der Waals surface area contributed by atoms with Crippen LogP contribution in [-0.4, -0.2) is 54.1 Å². The zero-order valence-corrected chi connectivity index (χ0v) is 18.1. The summed E-state index contributed by atoms with van der Waals surface area (Å²) in [4.78, 5) is 37.4. The number of rotatable bonds is 10. The van der Waals surface area contributed by atoms with Crippen molar-refractivity contribution in [2.24, 2.45) is 0 Å². The fourth-order valence-corrected chi connectivity index (χ4v) is 3.01. The Hall–Kier alpha value is -4.30. The Morgan fingerprint density at radius 1 is 0.706 bits per heavy atom. The first-order valence-electron chi connectivity index (χ1n) is 10.4. The van der Waals surface area contributed by atoms with Crippen molar-refractivity contribution in [2.45, 2.75) is 18.3 Å². The van der Waals surface area contributed by atoms with Crippen LogP contribution < -0.4 is 0 Å². The molecule has 3 aromatic carbocycles. The molecular formula is C26H23NO7. The smallest absolute Gasteiger partial charge is 0.338 e. The number of benzene rings is 3. The molecule has 0 bridgehead atoms. The Balaban J connectivity index is 1.76. The third-order valence-electron chi connectivity index (χ3n) is 4.77. The Labute approximate surface area is 196 Å². The highest BCUT2D eigenvalue weighted by molar-refractivity contribution is 5.91. The van der Waals surface area contributed by atoms with E-state index in [9.17, 15) is 19.5 Å². The minimum absolute atomic E-state index is 0.194. The monoisotopic (exact) mass is 461 g/mol. The van der Waals surface area contributed by atoms with Crippen molar-refractivity contribution in [3.63, 3.8) is 0 Å². The van der Waals surface area contributed by atoms with Gasteiger partial charge in [0.15, 0.2) is 12.2 Å². The second-order valence-corrected chi connectivity index (χ2v) is 7.17. The third kappa shape index (κ3) is 6.60. The molecule has 0 saturated carbocycles. The first-order chi connectivity index (χ1) is 16.5. The maximum absolute atomic E-state index is 12.6. The summed E-state index contributed by atoms with van der Waals surface area (Å²) in [5, 5.41) is 18.5. The Kier molecular flexibility index (Phi) is 8.65. The standard InChI is InChI=1S/C26H23NO7/c27-16-22(33-25(30)19-12-6-2-7-13-19)23(34-26(31)20-14-8-3-9-15-20)21(28)17-32-24(29)18-10-4-1-5-11-18/h1-16,21-23,27-28H,17H2/t21-,22+,23-/m1/s1. The lowest BCUT2D eigenvalue weighted by Gasteiger charge is -2.28.